The van der Waals surface area contributed by atoms with Crippen LogP contribution in [0.25, 0.3) is 0 Å². The first kappa shape index (κ1) is 13.2. The highest BCUT2D eigenvalue weighted by molar-refractivity contribution is 6.00. The number of nitrogens with one attached hydrogen (secondary N) is 2. The number of non-ortho nitro benzene ring substituents is 1. The van der Waals surface area contributed by atoms with Crippen LogP contribution in [0.3, 0.4) is 0 Å². The summed E-state index contributed by atoms with van der Waals surface area (Å²) in [5.41, 5.74) is -0.237. The number of benzene rings is 1. The van der Waals surface area contributed by atoms with Crippen molar-refractivity contribution in [2.75, 3.05) is 10.6 Å². The van der Waals surface area contributed by atoms with Gasteiger partial charge in [-0.2, -0.15) is 0 Å². The van der Waals surface area contributed by atoms with Gasteiger partial charge in [0.05, 0.1) is 22.9 Å². The van der Waals surface area contributed by atoms with Crippen molar-refractivity contribution >= 4 is 23.2 Å². The number of carbonyl (C=O) groups is 1. The molecule has 0 radical (unpaired) electrons. The summed E-state index contributed by atoms with van der Waals surface area (Å²) < 4.78 is 0. The average Bonchev–Trinajstić information content (AvgIpc) is 2.42. The highest BCUT2D eigenvalue weighted by Crippen LogP contribution is 2.27. The predicted molar refractivity (Wildman–Crippen MR) is 69.4 cm³/mol. The second kappa shape index (κ2) is 5.61. The number of hydrogen-bond acceptors (Lipinski definition) is 6. The molecule has 0 saturated heterocycles. The monoisotopic (exact) mass is 275 g/mol. The third kappa shape index (κ3) is 3.16. The van der Waals surface area contributed by atoms with Crippen molar-refractivity contribution in [2.24, 2.45) is 0 Å². The molecule has 2 amide bonds. The molecule has 3 N–H and O–H groups in total. The van der Waals surface area contributed by atoms with Crippen LogP contribution >= 0.6 is 0 Å². The Bertz CT molecular complexity index is 647. The van der Waals surface area contributed by atoms with Crippen molar-refractivity contribution in [1.29, 1.82) is 0 Å². The van der Waals surface area contributed by atoms with Crippen LogP contribution in [-0.2, 0) is 0 Å². The molecule has 0 fully saturated rings. The van der Waals surface area contributed by atoms with Gasteiger partial charge in [-0.15, -0.1) is 0 Å². The number of aromatic hydroxyl groups is 1. The lowest BCUT2D eigenvalue weighted by Crippen LogP contribution is -2.20. The minimum atomic E-state index is -0.658. The van der Waals surface area contributed by atoms with E-state index in [1.165, 1.54) is 24.7 Å². The molecular weight excluding hydrogens is 266 g/mol. The molecule has 0 aliphatic heterocycles. The standard InChI is InChI=1S/C11H9N5O4/c17-9-5-7(16(19)20)1-2-8(9)14-11(18)15-10-6-12-3-4-13-10/h1-6,17H,(H2,13,14,15,18). The largest absolute Gasteiger partial charge is 0.506 e. The number of amides is 2. The molecule has 1 aromatic heterocycles. The molecular formula is C11H9N5O4. The molecule has 0 aliphatic carbocycles. The maximum absolute atomic E-state index is 11.6. The number of carbonyl (C=O) groups excluding carboxylic acids is 1. The maximum Gasteiger partial charge on any atom is 0.324 e. The predicted octanol–water partition coefficient (Wildman–Crippen LogP) is 1.73. The number of phenols is 1. The van der Waals surface area contributed by atoms with Gasteiger partial charge in [0, 0.05) is 18.5 Å². The number of hydrogen-bond donors (Lipinski definition) is 3. The molecule has 0 atom stereocenters. The van der Waals surface area contributed by atoms with Gasteiger partial charge in [0.1, 0.15) is 5.75 Å². The van der Waals surface area contributed by atoms with Gasteiger partial charge in [-0.05, 0) is 6.07 Å². The molecule has 9 heteroatoms. The van der Waals surface area contributed by atoms with Crippen LogP contribution in [0.5, 0.6) is 5.75 Å². The molecule has 1 aromatic carbocycles. The Labute approximate surface area is 112 Å². The lowest BCUT2D eigenvalue weighted by Gasteiger charge is -2.07. The molecule has 0 bridgehead atoms. The van der Waals surface area contributed by atoms with E-state index in [1.807, 2.05) is 0 Å². The lowest BCUT2D eigenvalue weighted by molar-refractivity contribution is -0.384. The van der Waals surface area contributed by atoms with Gasteiger partial charge in [0.25, 0.3) is 5.69 Å². The van der Waals surface area contributed by atoms with Crippen molar-refractivity contribution < 1.29 is 14.8 Å². The summed E-state index contributed by atoms with van der Waals surface area (Å²) in [5.74, 6) is -0.181. The summed E-state index contributed by atoms with van der Waals surface area (Å²) in [6.45, 7) is 0. The van der Waals surface area contributed by atoms with Crippen LogP contribution in [0.4, 0.5) is 22.0 Å². The highest BCUT2D eigenvalue weighted by atomic mass is 16.6. The first-order valence-electron chi connectivity index (χ1n) is 5.37. The second-order valence-electron chi connectivity index (χ2n) is 3.63. The molecule has 9 nitrogen and oxygen atoms in total. The van der Waals surface area contributed by atoms with Crippen molar-refractivity contribution in [3.8, 4) is 5.75 Å². The van der Waals surface area contributed by atoms with E-state index in [1.54, 1.807) is 0 Å². The van der Waals surface area contributed by atoms with Crippen LogP contribution in [0.1, 0.15) is 0 Å². The molecule has 0 saturated carbocycles. The smallest absolute Gasteiger partial charge is 0.324 e. The van der Waals surface area contributed by atoms with Crippen molar-refractivity contribution in [3.63, 3.8) is 0 Å². The van der Waals surface area contributed by atoms with Gasteiger partial charge in [0.2, 0.25) is 0 Å². The second-order valence-corrected chi connectivity index (χ2v) is 3.63. The summed E-state index contributed by atoms with van der Waals surface area (Å²) in [4.78, 5) is 29.1. The number of nitro benzene ring substituents is 1. The fraction of sp³-hybridized carbons (Fsp3) is 0. The molecule has 0 aliphatic rings. The number of rotatable bonds is 3. The van der Waals surface area contributed by atoms with E-state index < -0.39 is 16.7 Å². The summed E-state index contributed by atoms with van der Waals surface area (Å²) in [5, 5.41) is 24.8. The topological polar surface area (TPSA) is 130 Å². The van der Waals surface area contributed by atoms with Gasteiger partial charge < -0.3 is 10.4 Å². The van der Waals surface area contributed by atoms with Gasteiger partial charge in [-0.25, -0.2) is 9.78 Å². The van der Waals surface area contributed by atoms with E-state index in [0.717, 1.165) is 12.1 Å². The molecule has 2 aromatic rings. The summed E-state index contributed by atoms with van der Waals surface area (Å²) in [6.07, 6.45) is 4.19. The van der Waals surface area contributed by atoms with Crippen molar-refractivity contribution in [2.45, 2.75) is 0 Å². The van der Waals surface area contributed by atoms with Crippen LogP contribution in [0.15, 0.2) is 36.8 Å². The first-order chi connectivity index (χ1) is 9.56. The number of phenolic OH excluding ortho intramolecular Hbond substituents is 1. The van der Waals surface area contributed by atoms with Crippen LogP contribution in [-0.4, -0.2) is 26.0 Å². The molecule has 20 heavy (non-hydrogen) atoms. The molecule has 0 spiro atoms. The third-order valence-electron chi connectivity index (χ3n) is 2.25. The molecule has 2 rings (SSSR count). The van der Waals surface area contributed by atoms with Gasteiger partial charge >= 0.3 is 6.03 Å². The minimum absolute atomic E-state index is 0.0389. The van der Waals surface area contributed by atoms with Crippen molar-refractivity contribution in [3.05, 3.63) is 46.9 Å². The van der Waals surface area contributed by atoms with Crippen LogP contribution in [0.2, 0.25) is 0 Å². The van der Waals surface area contributed by atoms with E-state index in [9.17, 15) is 20.0 Å². The Balaban J connectivity index is 2.06. The third-order valence-corrected chi connectivity index (χ3v) is 2.25. The average molecular weight is 275 g/mol. The zero-order valence-corrected chi connectivity index (χ0v) is 9.98. The summed E-state index contributed by atoms with van der Waals surface area (Å²) in [6, 6.07) is 2.67. The van der Waals surface area contributed by atoms with E-state index >= 15 is 0 Å². The Morgan fingerprint density at radius 1 is 1.30 bits per heavy atom. The molecule has 1 heterocycles. The van der Waals surface area contributed by atoms with Gasteiger partial charge in [-0.1, -0.05) is 0 Å². The van der Waals surface area contributed by atoms with E-state index in [-0.39, 0.29) is 17.2 Å². The summed E-state index contributed by atoms with van der Waals surface area (Å²) in [7, 11) is 0. The Kier molecular flexibility index (Phi) is 3.70. The number of aromatic nitrogens is 2. The molecule has 102 valence electrons. The normalized spacial score (nSPS) is 9.80. The zero-order chi connectivity index (χ0) is 14.5. The SMILES string of the molecule is O=C(Nc1cnccn1)Nc1ccc([N+](=O)[O-])cc1O. The number of anilines is 2. The minimum Gasteiger partial charge on any atom is -0.506 e. The number of nitrogens with zero attached hydrogens (tertiary/aromatic N) is 3. The zero-order valence-electron chi connectivity index (χ0n) is 9.98. The number of urea groups is 1. The summed E-state index contributed by atoms with van der Waals surface area (Å²) >= 11 is 0. The molecule has 0 unspecified atom stereocenters. The highest BCUT2D eigenvalue weighted by Gasteiger charge is 2.12. The fourth-order valence-corrected chi connectivity index (χ4v) is 1.37. The van der Waals surface area contributed by atoms with Gasteiger partial charge in [-0.3, -0.25) is 20.4 Å². The first-order valence-corrected chi connectivity index (χ1v) is 5.37. The Morgan fingerprint density at radius 3 is 2.70 bits per heavy atom. The Hall–Kier alpha value is -3.23. The maximum atomic E-state index is 11.6. The lowest BCUT2D eigenvalue weighted by atomic mass is 10.2. The van der Waals surface area contributed by atoms with E-state index in [0.29, 0.717) is 0 Å². The van der Waals surface area contributed by atoms with Crippen LogP contribution < -0.4 is 10.6 Å². The fourth-order valence-electron chi connectivity index (χ4n) is 1.37. The number of nitro groups is 1. The Morgan fingerprint density at radius 2 is 2.10 bits per heavy atom. The van der Waals surface area contributed by atoms with Crippen molar-refractivity contribution in [1.82, 2.24) is 9.97 Å². The van der Waals surface area contributed by atoms with E-state index in [2.05, 4.69) is 20.6 Å². The van der Waals surface area contributed by atoms with Gasteiger partial charge in [0.15, 0.2) is 5.82 Å². The quantitative estimate of drug-likeness (QED) is 0.444. The van der Waals surface area contributed by atoms with E-state index in [4.69, 9.17) is 0 Å². The van der Waals surface area contributed by atoms with Crippen LogP contribution in [0, 0.1) is 10.1 Å².